The summed E-state index contributed by atoms with van der Waals surface area (Å²) in [6.45, 7) is 3.62. The number of thioether (sulfide) groups is 1. The lowest BCUT2D eigenvalue weighted by molar-refractivity contribution is 0.281. The molecule has 0 spiro atoms. The first kappa shape index (κ1) is 14.4. The Labute approximate surface area is 106 Å². The van der Waals surface area contributed by atoms with E-state index in [1.807, 2.05) is 11.8 Å². The molecule has 1 unspecified atom stereocenters. The molecule has 1 fully saturated rings. The van der Waals surface area contributed by atoms with Gasteiger partial charge >= 0.3 is 0 Å². The summed E-state index contributed by atoms with van der Waals surface area (Å²) in [5.74, 6) is 2.29. The minimum absolute atomic E-state index is 0.751. The van der Waals surface area contributed by atoms with Gasteiger partial charge in [-0.2, -0.15) is 11.8 Å². The Bertz CT molecular complexity index is 155. The van der Waals surface area contributed by atoms with Crippen LogP contribution < -0.4 is 5.32 Å². The molecule has 0 aromatic carbocycles. The molecule has 1 aliphatic carbocycles. The van der Waals surface area contributed by atoms with E-state index in [2.05, 4.69) is 18.5 Å². The van der Waals surface area contributed by atoms with Crippen LogP contribution in [0, 0.1) is 5.92 Å². The van der Waals surface area contributed by atoms with Gasteiger partial charge in [0.05, 0.1) is 0 Å². The smallest absolute Gasteiger partial charge is 0.00669 e. The molecule has 1 atom stereocenters. The maximum Gasteiger partial charge on any atom is 0.00669 e. The lowest BCUT2D eigenvalue weighted by Crippen LogP contribution is -2.35. The molecule has 0 aliphatic heterocycles. The van der Waals surface area contributed by atoms with Crippen molar-refractivity contribution in [3.63, 3.8) is 0 Å². The highest BCUT2D eigenvalue weighted by Gasteiger charge is 2.18. The Balaban J connectivity index is 1.94. The van der Waals surface area contributed by atoms with Gasteiger partial charge in [-0.25, -0.2) is 0 Å². The van der Waals surface area contributed by atoms with E-state index in [-0.39, 0.29) is 0 Å². The van der Waals surface area contributed by atoms with E-state index in [1.165, 1.54) is 63.7 Å². The second-order valence-electron chi connectivity index (χ2n) is 5.19. The van der Waals surface area contributed by atoms with Crippen LogP contribution in [0.2, 0.25) is 0 Å². The second-order valence-corrected chi connectivity index (χ2v) is 6.18. The van der Waals surface area contributed by atoms with E-state index in [1.54, 1.807) is 0 Å². The third kappa shape index (κ3) is 6.15. The molecule has 0 amide bonds. The average Bonchev–Trinajstić information content (AvgIpc) is 2.34. The van der Waals surface area contributed by atoms with Crippen molar-refractivity contribution in [1.29, 1.82) is 0 Å². The molecule has 0 heterocycles. The van der Waals surface area contributed by atoms with Crippen molar-refractivity contribution in [2.75, 3.05) is 18.6 Å². The Morgan fingerprint density at radius 1 is 1.12 bits per heavy atom. The van der Waals surface area contributed by atoms with Gasteiger partial charge in [-0.15, -0.1) is 0 Å². The topological polar surface area (TPSA) is 12.0 Å². The lowest BCUT2D eigenvalue weighted by Gasteiger charge is -2.28. The molecule has 1 aliphatic rings. The molecule has 0 aromatic rings. The molecule has 16 heavy (non-hydrogen) atoms. The fourth-order valence-corrected chi connectivity index (χ4v) is 3.17. The predicted molar refractivity (Wildman–Crippen MR) is 76.3 cm³/mol. The monoisotopic (exact) mass is 243 g/mol. The Hall–Kier alpha value is 0.310. The van der Waals surface area contributed by atoms with Gasteiger partial charge < -0.3 is 5.32 Å². The summed E-state index contributed by atoms with van der Waals surface area (Å²) in [6.07, 6.45) is 13.7. The van der Waals surface area contributed by atoms with Crippen LogP contribution in [-0.2, 0) is 0 Å². The number of unbranched alkanes of at least 4 members (excludes halogenated alkanes) is 2. The molecule has 1 nitrogen and oxygen atoms in total. The van der Waals surface area contributed by atoms with E-state index >= 15 is 0 Å². The first-order chi connectivity index (χ1) is 7.84. The molecule has 0 saturated heterocycles. The first-order valence-electron chi connectivity index (χ1n) is 7.07. The quantitative estimate of drug-likeness (QED) is 0.645. The van der Waals surface area contributed by atoms with Crippen molar-refractivity contribution in [2.45, 2.75) is 64.3 Å². The van der Waals surface area contributed by atoms with Gasteiger partial charge in [0.2, 0.25) is 0 Å². The molecule has 0 bridgehead atoms. The minimum Gasteiger partial charge on any atom is -0.314 e. The van der Waals surface area contributed by atoms with Crippen molar-refractivity contribution in [3.05, 3.63) is 0 Å². The van der Waals surface area contributed by atoms with E-state index in [0.29, 0.717) is 0 Å². The van der Waals surface area contributed by atoms with Crippen molar-refractivity contribution in [1.82, 2.24) is 5.32 Å². The summed E-state index contributed by atoms with van der Waals surface area (Å²) in [5.41, 5.74) is 0. The Morgan fingerprint density at radius 3 is 2.56 bits per heavy atom. The van der Waals surface area contributed by atoms with Crippen molar-refractivity contribution < 1.29 is 0 Å². The highest BCUT2D eigenvalue weighted by Crippen LogP contribution is 2.26. The standard InChI is InChI=1S/C14H29NS/c1-13(14-9-5-3-6-10-14)15-11-7-4-8-12-16-2/h13-15H,3-12H2,1-2H3. The highest BCUT2D eigenvalue weighted by molar-refractivity contribution is 7.98. The highest BCUT2D eigenvalue weighted by atomic mass is 32.2. The van der Waals surface area contributed by atoms with Gasteiger partial charge in [0.15, 0.2) is 0 Å². The van der Waals surface area contributed by atoms with Crippen LogP contribution in [0.1, 0.15) is 58.3 Å². The molecule has 0 radical (unpaired) electrons. The summed E-state index contributed by atoms with van der Waals surface area (Å²) in [5, 5.41) is 3.72. The minimum atomic E-state index is 0.751. The third-order valence-corrected chi connectivity index (χ3v) is 4.55. The van der Waals surface area contributed by atoms with Crippen LogP contribution in [0.4, 0.5) is 0 Å². The van der Waals surface area contributed by atoms with Crippen LogP contribution in [-0.4, -0.2) is 24.6 Å². The number of hydrogen-bond acceptors (Lipinski definition) is 2. The molecular weight excluding hydrogens is 214 g/mol. The maximum absolute atomic E-state index is 3.72. The van der Waals surface area contributed by atoms with Crippen LogP contribution in [0.25, 0.3) is 0 Å². The summed E-state index contributed by atoms with van der Waals surface area (Å²) < 4.78 is 0. The molecule has 1 rings (SSSR count). The zero-order valence-corrected chi connectivity index (χ0v) is 12.0. The molecular formula is C14H29NS. The van der Waals surface area contributed by atoms with Crippen LogP contribution in [0.15, 0.2) is 0 Å². The zero-order valence-electron chi connectivity index (χ0n) is 11.1. The summed E-state index contributed by atoms with van der Waals surface area (Å²) in [6, 6.07) is 0.751. The predicted octanol–water partition coefficient (Wildman–Crippen LogP) is 4.08. The lowest BCUT2D eigenvalue weighted by atomic mass is 9.84. The second kappa shape index (κ2) is 9.35. The maximum atomic E-state index is 3.72. The normalized spacial score (nSPS) is 19.9. The van der Waals surface area contributed by atoms with Gasteiger partial charge in [-0.05, 0) is 57.1 Å². The van der Waals surface area contributed by atoms with Gasteiger partial charge in [-0.3, -0.25) is 0 Å². The van der Waals surface area contributed by atoms with E-state index in [9.17, 15) is 0 Å². The zero-order chi connectivity index (χ0) is 11.6. The fourth-order valence-electron chi connectivity index (χ4n) is 2.68. The molecule has 1 saturated carbocycles. The number of hydrogen-bond donors (Lipinski definition) is 1. The van der Waals surface area contributed by atoms with Gasteiger partial charge in [0.1, 0.15) is 0 Å². The van der Waals surface area contributed by atoms with E-state index in [4.69, 9.17) is 0 Å². The van der Waals surface area contributed by atoms with Gasteiger partial charge in [0, 0.05) is 6.04 Å². The summed E-state index contributed by atoms with van der Waals surface area (Å²) in [4.78, 5) is 0. The van der Waals surface area contributed by atoms with Gasteiger partial charge in [0.25, 0.3) is 0 Å². The summed E-state index contributed by atoms with van der Waals surface area (Å²) in [7, 11) is 0. The van der Waals surface area contributed by atoms with Crippen LogP contribution >= 0.6 is 11.8 Å². The third-order valence-electron chi connectivity index (χ3n) is 3.85. The van der Waals surface area contributed by atoms with Crippen molar-refractivity contribution in [3.8, 4) is 0 Å². The molecule has 96 valence electrons. The number of rotatable bonds is 8. The summed E-state index contributed by atoms with van der Waals surface area (Å²) >= 11 is 1.97. The molecule has 2 heteroatoms. The Morgan fingerprint density at radius 2 is 1.88 bits per heavy atom. The fraction of sp³-hybridized carbons (Fsp3) is 1.00. The Kier molecular flexibility index (Phi) is 8.40. The van der Waals surface area contributed by atoms with E-state index < -0.39 is 0 Å². The molecule has 0 aromatic heterocycles. The largest absolute Gasteiger partial charge is 0.314 e. The van der Waals surface area contributed by atoms with Crippen molar-refractivity contribution in [2.24, 2.45) is 5.92 Å². The van der Waals surface area contributed by atoms with Gasteiger partial charge in [-0.1, -0.05) is 25.7 Å². The van der Waals surface area contributed by atoms with Crippen molar-refractivity contribution >= 4 is 11.8 Å². The number of nitrogens with one attached hydrogen (secondary N) is 1. The first-order valence-corrected chi connectivity index (χ1v) is 8.46. The van der Waals surface area contributed by atoms with E-state index in [0.717, 1.165) is 12.0 Å². The SMILES string of the molecule is CSCCCCCNC(C)C1CCCCC1. The average molecular weight is 243 g/mol. The van der Waals surface area contributed by atoms with Crippen LogP contribution in [0.5, 0.6) is 0 Å². The van der Waals surface area contributed by atoms with Crippen LogP contribution in [0.3, 0.4) is 0 Å². The molecule has 1 N–H and O–H groups in total.